The third-order valence-electron chi connectivity index (χ3n) is 5.53. The molecule has 5 nitrogen and oxygen atoms in total. The van der Waals surface area contributed by atoms with E-state index in [0.717, 1.165) is 57.7 Å². The highest BCUT2D eigenvalue weighted by molar-refractivity contribution is 5.80. The van der Waals surface area contributed by atoms with Gasteiger partial charge in [0.2, 0.25) is 5.91 Å². The van der Waals surface area contributed by atoms with Crippen molar-refractivity contribution in [3.05, 3.63) is 30.3 Å². The Morgan fingerprint density at radius 2 is 1.92 bits per heavy atom. The van der Waals surface area contributed by atoms with Gasteiger partial charge in [-0.3, -0.25) is 9.69 Å². The summed E-state index contributed by atoms with van der Waals surface area (Å²) in [5.74, 6) is 1.36. The number of piperazine rings is 1. The average Bonchev–Trinajstić information content (AvgIpc) is 3.26. The SMILES string of the molecule is O=C(C1CC2CCC1O2)N1CCN(CCOc2ccccc2)CC1. The van der Waals surface area contributed by atoms with Crippen molar-refractivity contribution in [1.29, 1.82) is 0 Å². The number of benzene rings is 1. The molecule has 1 amide bonds. The lowest BCUT2D eigenvalue weighted by Crippen LogP contribution is -2.52. The van der Waals surface area contributed by atoms with Crippen molar-refractivity contribution in [2.75, 3.05) is 39.3 Å². The number of para-hydroxylation sites is 1. The van der Waals surface area contributed by atoms with Gasteiger partial charge in [-0.15, -0.1) is 0 Å². The van der Waals surface area contributed by atoms with E-state index in [1.807, 2.05) is 35.2 Å². The van der Waals surface area contributed by atoms with Gasteiger partial charge in [0, 0.05) is 32.7 Å². The molecular formula is C19H26N2O3. The highest BCUT2D eigenvalue weighted by Crippen LogP contribution is 2.39. The predicted octanol–water partition coefficient (Wildman–Crippen LogP) is 1.78. The minimum absolute atomic E-state index is 0.122. The number of nitrogens with zero attached hydrogens (tertiary/aromatic N) is 2. The summed E-state index contributed by atoms with van der Waals surface area (Å²) in [7, 11) is 0. The van der Waals surface area contributed by atoms with Gasteiger partial charge in [-0.25, -0.2) is 0 Å². The Morgan fingerprint density at radius 3 is 2.58 bits per heavy atom. The molecule has 3 aliphatic heterocycles. The van der Waals surface area contributed by atoms with Crippen LogP contribution in [0.25, 0.3) is 0 Å². The number of rotatable bonds is 5. The van der Waals surface area contributed by atoms with Crippen LogP contribution in [0.2, 0.25) is 0 Å². The number of amides is 1. The maximum atomic E-state index is 12.7. The largest absolute Gasteiger partial charge is 0.492 e. The molecule has 4 rings (SSSR count). The molecule has 24 heavy (non-hydrogen) atoms. The summed E-state index contributed by atoms with van der Waals surface area (Å²) < 4.78 is 11.6. The first-order valence-corrected chi connectivity index (χ1v) is 9.14. The fourth-order valence-electron chi connectivity index (χ4n) is 4.13. The second kappa shape index (κ2) is 7.11. The number of carbonyl (C=O) groups is 1. The molecule has 3 aliphatic rings. The molecule has 2 bridgehead atoms. The third kappa shape index (κ3) is 3.42. The van der Waals surface area contributed by atoms with E-state index >= 15 is 0 Å². The second-order valence-electron chi connectivity index (χ2n) is 7.04. The standard InChI is InChI=1S/C19H26N2O3/c22-19(17-14-16-6-7-18(17)24-16)21-10-8-20(9-11-21)12-13-23-15-4-2-1-3-5-15/h1-5,16-18H,6-14H2. The molecule has 0 radical (unpaired) electrons. The number of hydrogen-bond donors (Lipinski definition) is 0. The Morgan fingerprint density at radius 1 is 1.12 bits per heavy atom. The Balaban J connectivity index is 1.19. The van der Waals surface area contributed by atoms with Crippen LogP contribution in [0, 0.1) is 5.92 Å². The zero-order valence-electron chi connectivity index (χ0n) is 14.1. The van der Waals surface area contributed by atoms with E-state index in [1.165, 1.54) is 0 Å². The second-order valence-corrected chi connectivity index (χ2v) is 7.04. The summed E-state index contributed by atoms with van der Waals surface area (Å²) in [6.45, 7) is 5.14. The Labute approximate surface area is 143 Å². The molecule has 0 aromatic heterocycles. The van der Waals surface area contributed by atoms with Gasteiger partial charge in [0.05, 0.1) is 18.1 Å². The van der Waals surface area contributed by atoms with Gasteiger partial charge in [0.15, 0.2) is 0 Å². The number of ether oxygens (including phenoxy) is 2. The molecule has 0 spiro atoms. The highest BCUT2D eigenvalue weighted by Gasteiger charge is 2.45. The Hall–Kier alpha value is -1.59. The molecule has 0 saturated carbocycles. The van der Waals surface area contributed by atoms with Gasteiger partial charge in [-0.05, 0) is 31.4 Å². The lowest BCUT2D eigenvalue weighted by molar-refractivity contribution is -0.139. The Bertz CT molecular complexity index is 557. The van der Waals surface area contributed by atoms with Crippen molar-refractivity contribution in [3.63, 3.8) is 0 Å². The van der Waals surface area contributed by atoms with Crippen LogP contribution in [-0.2, 0) is 9.53 Å². The average molecular weight is 330 g/mol. The summed E-state index contributed by atoms with van der Waals surface area (Å²) in [6, 6.07) is 9.92. The van der Waals surface area contributed by atoms with E-state index in [4.69, 9.17) is 9.47 Å². The summed E-state index contributed by atoms with van der Waals surface area (Å²) in [6.07, 6.45) is 3.69. The minimum atomic E-state index is 0.122. The summed E-state index contributed by atoms with van der Waals surface area (Å²) in [4.78, 5) is 17.1. The smallest absolute Gasteiger partial charge is 0.228 e. The van der Waals surface area contributed by atoms with E-state index in [9.17, 15) is 4.79 Å². The van der Waals surface area contributed by atoms with Crippen molar-refractivity contribution in [1.82, 2.24) is 9.80 Å². The zero-order chi connectivity index (χ0) is 16.4. The normalized spacial score (nSPS) is 29.8. The zero-order valence-corrected chi connectivity index (χ0v) is 14.1. The van der Waals surface area contributed by atoms with Crippen molar-refractivity contribution in [2.45, 2.75) is 31.5 Å². The van der Waals surface area contributed by atoms with Crippen LogP contribution in [0.15, 0.2) is 30.3 Å². The molecule has 0 N–H and O–H groups in total. The quantitative estimate of drug-likeness (QED) is 0.825. The maximum Gasteiger partial charge on any atom is 0.228 e. The van der Waals surface area contributed by atoms with Gasteiger partial charge < -0.3 is 14.4 Å². The van der Waals surface area contributed by atoms with Gasteiger partial charge in [0.1, 0.15) is 12.4 Å². The van der Waals surface area contributed by atoms with Crippen LogP contribution >= 0.6 is 0 Å². The van der Waals surface area contributed by atoms with Gasteiger partial charge in [-0.2, -0.15) is 0 Å². The highest BCUT2D eigenvalue weighted by atomic mass is 16.5. The summed E-state index contributed by atoms with van der Waals surface area (Å²) in [5, 5.41) is 0. The molecule has 3 saturated heterocycles. The summed E-state index contributed by atoms with van der Waals surface area (Å²) >= 11 is 0. The monoisotopic (exact) mass is 330 g/mol. The van der Waals surface area contributed by atoms with Crippen LogP contribution in [0.3, 0.4) is 0 Å². The first kappa shape index (κ1) is 15.9. The van der Waals surface area contributed by atoms with E-state index < -0.39 is 0 Å². The maximum absolute atomic E-state index is 12.7. The summed E-state index contributed by atoms with van der Waals surface area (Å²) in [5.41, 5.74) is 0. The lowest BCUT2D eigenvalue weighted by Gasteiger charge is -2.36. The topological polar surface area (TPSA) is 42.0 Å². The van der Waals surface area contributed by atoms with Crippen LogP contribution in [0.5, 0.6) is 5.75 Å². The third-order valence-corrected chi connectivity index (χ3v) is 5.53. The van der Waals surface area contributed by atoms with Gasteiger partial charge in [-0.1, -0.05) is 18.2 Å². The molecule has 0 aliphatic carbocycles. The van der Waals surface area contributed by atoms with E-state index in [-0.39, 0.29) is 12.0 Å². The van der Waals surface area contributed by atoms with Crippen LogP contribution in [0.1, 0.15) is 19.3 Å². The van der Waals surface area contributed by atoms with Crippen LogP contribution in [0.4, 0.5) is 0 Å². The fraction of sp³-hybridized carbons (Fsp3) is 0.632. The van der Waals surface area contributed by atoms with E-state index in [1.54, 1.807) is 0 Å². The van der Waals surface area contributed by atoms with Gasteiger partial charge in [0.25, 0.3) is 0 Å². The molecular weight excluding hydrogens is 304 g/mol. The van der Waals surface area contributed by atoms with E-state index in [2.05, 4.69) is 4.90 Å². The van der Waals surface area contributed by atoms with Crippen LogP contribution < -0.4 is 4.74 Å². The first-order chi connectivity index (χ1) is 11.8. The van der Waals surface area contributed by atoms with Crippen LogP contribution in [-0.4, -0.2) is 67.2 Å². The molecule has 3 atom stereocenters. The first-order valence-electron chi connectivity index (χ1n) is 9.14. The van der Waals surface area contributed by atoms with E-state index in [0.29, 0.717) is 18.6 Å². The molecule has 5 heteroatoms. The number of fused-ring (bicyclic) bond motifs is 2. The number of carbonyl (C=O) groups excluding carboxylic acids is 1. The van der Waals surface area contributed by atoms with Gasteiger partial charge >= 0.3 is 0 Å². The van der Waals surface area contributed by atoms with Crippen molar-refractivity contribution in [2.24, 2.45) is 5.92 Å². The predicted molar refractivity (Wildman–Crippen MR) is 91.0 cm³/mol. The molecule has 1 aromatic carbocycles. The number of hydrogen-bond acceptors (Lipinski definition) is 4. The Kier molecular flexibility index (Phi) is 4.72. The van der Waals surface area contributed by atoms with Crippen molar-refractivity contribution < 1.29 is 14.3 Å². The van der Waals surface area contributed by atoms with Crippen molar-refractivity contribution >= 4 is 5.91 Å². The molecule has 3 unspecified atom stereocenters. The lowest BCUT2D eigenvalue weighted by atomic mass is 9.88. The van der Waals surface area contributed by atoms with Crippen molar-refractivity contribution in [3.8, 4) is 5.75 Å². The minimum Gasteiger partial charge on any atom is -0.492 e. The molecule has 3 fully saturated rings. The molecule has 130 valence electrons. The molecule has 3 heterocycles. The molecule has 1 aromatic rings. The fourth-order valence-corrected chi connectivity index (χ4v) is 4.13.